The van der Waals surface area contributed by atoms with Crippen LogP contribution in [0.15, 0.2) is 67.1 Å². The topological polar surface area (TPSA) is 66.2 Å². The predicted molar refractivity (Wildman–Crippen MR) is 107 cm³/mol. The molecule has 27 heavy (non-hydrogen) atoms. The van der Waals surface area contributed by atoms with E-state index in [2.05, 4.69) is 32.1 Å². The number of aliphatic hydroxyl groups excluding tert-OH is 1. The lowest BCUT2D eigenvalue weighted by atomic mass is 10.0. The minimum Gasteiger partial charge on any atom is -0.395 e. The second-order valence-corrected chi connectivity index (χ2v) is 6.81. The van der Waals surface area contributed by atoms with Gasteiger partial charge in [0.15, 0.2) is 5.11 Å². The summed E-state index contributed by atoms with van der Waals surface area (Å²) in [7, 11) is 0. The van der Waals surface area contributed by atoms with Gasteiger partial charge in [-0.3, -0.25) is 9.97 Å². The smallest absolute Gasteiger partial charge is 0.170 e. The van der Waals surface area contributed by atoms with Gasteiger partial charge in [0, 0.05) is 30.8 Å². The molecule has 2 N–H and O–H groups in total. The van der Waals surface area contributed by atoms with Gasteiger partial charge in [0.25, 0.3) is 0 Å². The first-order chi connectivity index (χ1) is 13.3. The van der Waals surface area contributed by atoms with E-state index in [0.29, 0.717) is 18.2 Å². The van der Waals surface area contributed by atoms with Crippen LogP contribution in [0.1, 0.15) is 29.2 Å². The van der Waals surface area contributed by atoms with E-state index in [1.807, 2.05) is 47.4 Å². The molecule has 0 unspecified atom stereocenters. The molecule has 2 atom stereocenters. The highest BCUT2D eigenvalue weighted by Gasteiger charge is 2.40. The molecule has 0 radical (unpaired) electrons. The lowest BCUT2D eigenvalue weighted by Crippen LogP contribution is -2.33. The van der Waals surface area contributed by atoms with Crippen molar-refractivity contribution in [2.75, 3.05) is 13.2 Å². The molecule has 0 bridgehead atoms. The lowest BCUT2D eigenvalue weighted by molar-refractivity contribution is 0.219. The van der Waals surface area contributed by atoms with Crippen molar-refractivity contribution in [3.05, 3.63) is 84.2 Å². The van der Waals surface area contributed by atoms with Crippen LogP contribution in [0.5, 0.6) is 0 Å². The Morgan fingerprint density at radius 1 is 1.04 bits per heavy atom. The fourth-order valence-corrected chi connectivity index (χ4v) is 3.91. The van der Waals surface area contributed by atoms with E-state index in [1.54, 1.807) is 12.4 Å². The van der Waals surface area contributed by atoms with Gasteiger partial charge in [-0.05, 0) is 48.6 Å². The standard InChI is InChI=1S/C20H21N5OS/c26-13-12-25-19(18(23-20(25)27)16-7-2-4-10-22-16)17-8-5-11-24(17)14-15-6-1-3-9-21-15/h1-11,18-19,26H,12-14H2,(H,23,27)/t18-,19+/m0/s1. The molecular weight excluding hydrogens is 358 g/mol. The number of β-amino-alcohol motifs (C(OH)–C–C–N with tert-alkyl or cyclic N) is 1. The van der Waals surface area contributed by atoms with Crippen molar-refractivity contribution in [1.29, 1.82) is 0 Å². The number of aromatic nitrogens is 3. The molecular formula is C20H21N5OS. The molecule has 3 aromatic heterocycles. The van der Waals surface area contributed by atoms with Gasteiger partial charge in [-0.25, -0.2) is 0 Å². The number of nitrogens with zero attached hydrogens (tertiary/aromatic N) is 4. The molecule has 0 spiro atoms. The van der Waals surface area contributed by atoms with Crippen molar-refractivity contribution < 1.29 is 5.11 Å². The van der Waals surface area contributed by atoms with Crippen molar-refractivity contribution >= 4 is 17.3 Å². The molecule has 0 amide bonds. The minimum absolute atomic E-state index is 0.0359. The fourth-order valence-electron chi connectivity index (χ4n) is 3.58. The monoisotopic (exact) mass is 379 g/mol. The Kier molecular flexibility index (Phi) is 5.13. The number of aliphatic hydroxyl groups is 1. The zero-order valence-corrected chi connectivity index (χ0v) is 15.6. The summed E-state index contributed by atoms with van der Waals surface area (Å²) in [5, 5.41) is 13.6. The third kappa shape index (κ3) is 3.56. The largest absolute Gasteiger partial charge is 0.395 e. The quantitative estimate of drug-likeness (QED) is 0.641. The van der Waals surface area contributed by atoms with Gasteiger partial charge in [0.05, 0.1) is 36.6 Å². The summed E-state index contributed by atoms with van der Waals surface area (Å²) in [6, 6.07) is 15.8. The van der Waals surface area contributed by atoms with E-state index >= 15 is 0 Å². The molecule has 4 heterocycles. The van der Waals surface area contributed by atoms with E-state index in [1.165, 1.54) is 0 Å². The third-order valence-corrected chi connectivity index (χ3v) is 5.12. The van der Waals surface area contributed by atoms with Gasteiger partial charge in [-0.2, -0.15) is 0 Å². The average Bonchev–Trinajstić information content (AvgIpc) is 3.28. The van der Waals surface area contributed by atoms with Crippen LogP contribution < -0.4 is 5.32 Å². The molecule has 1 aliphatic rings. The summed E-state index contributed by atoms with van der Waals surface area (Å²) >= 11 is 5.56. The predicted octanol–water partition coefficient (Wildman–Crippen LogP) is 2.29. The highest BCUT2D eigenvalue weighted by atomic mass is 32.1. The molecule has 0 aromatic carbocycles. The first kappa shape index (κ1) is 17.6. The normalized spacial score (nSPS) is 19.3. The molecule has 1 aliphatic heterocycles. The molecule has 3 aromatic rings. The van der Waals surface area contributed by atoms with E-state index in [-0.39, 0.29) is 18.7 Å². The number of hydrogen-bond donors (Lipinski definition) is 2. The molecule has 4 rings (SSSR count). The van der Waals surface area contributed by atoms with E-state index in [0.717, 1.165) is 17.1 Å². The molecule has 0 saturated carbocycles. The maximum absolute atomic E-state index is 9.56. The molecule has 1 saturated heterocycles. The highest BCUT2D eigenvalue weighted by Crippen LogP contribution is 2.38. The summed E-state index contributed by atoms with van der Waals surface area (Å²) in [5.74, 6) is 0. The lowest BCUT2D eigenvalue weighted by Gasteiger charge is -2.28. The number of nitrogens with one attached hydrogen (secondary N) is 1. The van der Waals surface area contributed by atoms with Gasteiger partial charge in [-0.15, -0.1) is 0 Å². The Balaban J connectivity index is 1.72. The zero-order chi connectivity index (χ0) is 18.6. The van der Waals surface area contributed by atoms with Crippen LogP contribution in [0.3, 0.4) is 0 Å². The van der Waals surface area contributed by atoms with Gasteiger partial charge in [-0.1, -0.05) is 12.1 Å². The second kappa shape index (κ2) is 7.85. The van der Waals surface area contributed by atoms with Crippen LogP contribution in [0, 0.1) is 0 Å². The second-order valence-electron chi connectivity index (χ2n) is 6.43. The minimum atomic E-state index is -0.0809. The van der Waals surface area contributed by atoms with Crippen molar-refractivity contribution in [1.82, 2.24) is 24.8 Å². The average molecular weight is 379 g/mol. The molecule has 7 heteroatoms. The maximum atomic E-state index is 9.56. The van der Waals surface area contributed by atoms with E-state index < -0.39 is 0 Å². The third-order valence-electron chi connectivity index (χ3n) is 4.76. The highest BCUT2D eigenvalue weighted by molar-refractivity contribution is 7.80. The van der Waals surface area contributed by atoms with Crippen molar-refractivity contribution in [3.8, 4) is 0 Å². The Labute approximate surface area is 163 Å². The Morgan fingerprint density at radius 2 is 1.85 bits per heavy atom. The summed E-state index contributed by atoms with van der Waals surface area (Å²) in [6.45, 7) is 1.18. The van der Waals surface area contributed by atoms with Crippen LogP contribution in [-0.2, 0) is 6.54 Å². The van der Waals surface area contributed by atoms with Crippen molar-refractivity contribution in [2.45, 2.75) is 18.6 Å². The number of hydrogen-bond acceptors (Lipinski definition) is 4. The summed E-state index contributed by atoms with van der Waals surface area (Å²) in [4.78, 5) is 11.0. The fraction of sp³-hybridized carbons (Fsp3) is 0.250. The van der Waals surface area contributed by atoms with Crippen LogP contribution in [-0.4, -0.2) is 42.8 Å². The molecule has 1 fully saturated rings. The van der Waals surface area contributed by atoms with Crippen molar-refractivity contribution in [3.63, 3.8) is 0 Å². The Bertz CT molecular complexity index is 899. The Morgan fingerprint density at radius 3 is 2.56 bits per heavy atom. The summed E-state index contributed by atoms with van der Waals surface area (Å²) < 4.78 is 2.18. The number of rotatable bonds is 6. The first-order valence-electron chi connectivity index (χ1n) is 8.92. The Hall–Kier alpha value is -2.77. The number of thiocarbonyl (C=S) groups is 1. The van der Waals surface area contributed by atoms with Gasteiger partial charge in [0.1, 0.15) is 0 Å². The van der Waals surface area contributed by atoms with Crippen LogP contribution in [0.4, 0.5) is 0 Å². The number of pyridine rings is 2. The van der Waals surface area contributed by atoms with Crippen LogP contribution in [0.2, 0.25) is 0 Å². The maximum Gasteiger partial charge on any atom is 0.170 e. The van der Waals surface area contributed by atoms with Crippen LogP contribution >= 0.6 is 12.2 Å². The van der Waals surface area contributed by atoms with Gasteiger partial charge < -0.3 is 19.9 Å². The SMILES string of the molecule is OCCN1C(=S)N[C@@H](c2ccccn2)[C@H]1c1cccn1Cc1ccccn1. The van der Waals surface area contributed by atoms with Gasteiger partial charge in [0.2, 0.25) is 0 Å². The van der Waals surface area contributed by atoms with Crippen LogP contribution in [0.25, 0.3) is 0 Å². The van der Waals surface area contributed by atoms with Crippen molar-refractivity contribution in [2.24, 2.45) is 0 Å². The molecule has 0 aliphatic carbocycles. The van der Waals surface area contributed by atoms with Gasteiger partial charge >= 0.3 is 0 Å². The molecule has 138 valence electrons. The zero-order valence-electron chi connectivity index (χ0n) is 14.8. The van der Waals surface area contributed by atoms with E-state index in [9.17, 15) is 5.11 Å². The summed E-state index contributed by atoms with van der Waals surface area (Å²) in [6.07, 6.45) is 5.65. The van der Waals surface area contributed by atoms with E-state index in [4.69, 9.17) is 12.2 Å². The molecule has 6 nitrogen and oxygen atoms in total. The summed E-state index contributed by atoms with van der Waals surface area (Å²) in [5.41, 5.74) is 3.03. The first-order valence-corrected chi connectivity index (χ1v) is 9.32.